The first-order chi connectivity index (χ1) is 13.7. The van der Waals surface area contributed by atoms with Crippen LogP contribution in [0.1, 0.15) is 16.3 Å². The van der Waals surface area contributed by atoms with Gasteiger partial charge in [0.2, 0.25) is 11.9 Å². The van der Waals surface area contributed by atoms with Gasteiger partial charge in [-0.1, -0.05) is 23.7 Å². The fourth-order valence-corrected chi connectivity index (χ4v) is 4.25. The highest BCUT2D eigenvalue weighted by atomic mass is 35.5. The molecule has 1 aliphatic heterocycles. The number of carbonyl (C=O) groups excluding carboxylic acids is 1. The van der Waals surface area contributed by atoms with E-state index in [-0.39, 0.29) is 5.91 Å². The van der Waals surface area contributed by atoms with Crippen molar-refractivity contribution in [1.82, 2.24) is 19.9 Å². The first-order valence-electron chi connectivity index (χ1n) is 9.15. The van der Waals surface area contributed by atoms with Gasteiger partial charge < -0.3 is 9.80 Å². The number of aromatic nitrogens is 3. The summed E-state index contributed by atoms with van der Waals surface area (Å²) in [5, 5.41) is 3.70. The Labute approximate surface area is 172 Å². The van der Waals surface area contributed by atoms with Gasteiger partial charge >= 0.3 is 0 Å². The van der Waals surface area contributed by atoms with Gasteiger partial charge in [0, 0.05) is 55.4 Å². The van der Waals surface area contributed by atoms with E-state index in [1.54, 1.807) is 29.8 Å². The van der Waals surface area contributed by atoms with Crippen molar-refractivity contribution >= 4 is 34.8 Å². The molecule has 144 valence electrons. The van der Waals surface area contributed by atoms with Gasteiger partial charge in [-0.3, -0.25) is 4.79 Å². The number of hydrogen-bond donors (Lipinski definition) is 0. The van der Waals surface area contributed by atoms with E-state index in [9.17, 15) is 4.79 Å². The molecule has 28 heavy (non-hydrogen) atoms. The normalized spacial score (nSPS) is 14.3. The summed E-state index contributed by atoms with van der Waals surface area (Å²) < 4.78 is 0. The van der Waals surface area contributed by atoms with E-state index >= 15 is 0 Å². The maximum atomic E-state index is 12.6. The average molecular weight is 414 g/mol. The molecule has 1 saturated heterocycles. The molecular formula is C20H20ClN5OS. The van der Waals surface area contributed by atoms with Gasteiger partial charge in [0.15, 0.2) is 0 Å². The summed E-state index contributed by atoms with van der Waals surface area (Å²) in [6.45, 7) is 2.84. The Kier molecular flexibility index (Phi) is 5.83. The van der Waals surface area contributed by atoms with E-state index in [0.717, 1.165) is 46.7 Å². The number of benzene rings is 1. The predicted molar refractivity (Wildman–Crippen MR) is 111 cm³/mol. The van der Waals surface area contributed by atoms with Crippen molar-refractivity contribution in [3.05, 3.63) is 69.4 Å². The quantitative estimate of drug-likeness (QED) is 0.643. The van der Waals surface area contributed by atoms with Crippen LogP contribution in [0.25, 0.3) is 0 Å². The summed E-state index contributed by atoms with van der Waals surface area (Å²) in [7, 11) is 0. The van der Waals surface area contributed by atoms with Crippen LogP contribution in [0.5, 0.6) is 0 Å². The van der Waals surface area contributed by atoms with E-state index in [4.69, 9.17) is 11.6 Å². The first kappa shape index (κ1) is 18.8. The second-order valence-electron chi connectivity index (χ2n) is 6.63. The summed E-state index contributed by atoms with van der Waals surface area (Å²) in [6.07, 6.45) is 4.55. The van der Waals surface area contributed by atoms with E-state index in [2.05, 4.69) is 19.9 Å². The number of piperazine rings is 1. The molecule has 2 aromatic heterocycles. The molecule has 0 bridgehead atoms. The number of thiazole rings is 1. The van der Waals surface area contributed by atoms with Crippen molar-refractivity contribution in [2.75, 3.05) is 31.1 Å². The minimum atomic E-state index is 0.119. The van der Waals surface area contributed by atoms with Crippen LogP contribution in [0.2, 0.25) is 5.02 Å². The molecule has 0 spiro atoms. The average Bonchev–Trinajstić information content (AvgIpc) is 3.15. The third-order valence-corrected chi connectivity index (χ3v) is 5.78. The summed E-state index contributed by atoms with van der Waals surface area (Å²) in [6, 6.07) is 9.59. The molecule has 0 unspecified atom stereocenters. The summed E-state index contributed by atoms with van der Waals surface area (Å²) in [4.78, 5) is 29.8. The Morgan fingerprint density at radius 2 is 1.89 bits per heavy atom. The van der Waals surface area contributed by atoms with Crippen molar-refractivity contribution in [1.29, 1.82) is 0 Å². The summed E-state index contributed by atoms with van der Waals surface area (Å²) in [5.41, 5.74) is 1.96. The van der Waals surface area contributed by atoms with E-state index in [1.807, 2.05) is 34.5 Å². The highest BCUT2D eigenvalue weighted by molar-refractivity contribution is 7.09. The Morgan fingerprint density at radius 3 is 2.64 bits per heavy atom. The van der Waals surface area contributed by atoms with Crippen LogP contribution in [-0.4, -0.2) is 51.9 Å². The predicted octanol–water partition coefficient (Wildman–Crippen LogP) is 3.07. The Balaban J connectivity index is 1.30. The molecule has 6 nitrogen and oxygen atoms in total. The zero-order valence-corrected chi connectivity index (χ0v) is 16.9. The highest BCUT2D eigenvalue weighted by Gasteiger charge is 2.23. The van der Waals surface area contributed by atoms with Gasteiger partial charge in [0.25, 0.3) is 0 Å². The van der Waals surface area contributed by atoms with Crippen molar-refractivity contribution in [3.8, 4) is 0 Å². The number of anilines is 1. The third kappa shape index (κ3) is 4.66. The number of hydrogen-bond acceptors (Lipinski definition) is 6. The summed E-state index contributed by atoms with van der Waals surface area (Å²) >= 11 is 7.63. The summed E-state index contributed by atoms with van der Waals surface area (Å²) in [5.74, 6) is 0.841. The second-order valence-corrected chi connectivity index (χ2v) is 8.01. The molecule has 4 rings (SSSR count). The molecule has 1 aromatic carbocycles. The second kappa shape index (κ2) is 8.67. The van der Waals surface area contributed by atoms with Crippen LogP contribution in [-0.2, 0) is 17.6 Å². The van der Waals surface area contributed by atoms with Gasteiger partial charge in [-0.05, 0) is 23.8 Å². The lowest BCUT2D eigenvalue weighted by molar-refractivity contribution is -0.130. The Hall–Kier alpha value is -2.51. The fraction of sp³-hybridized carbons (Fsp3) is 0.300. The standard InChI is InChI=1S/C20H20ClN5OS/c21-16-4-1-3-15(11-16)12-18-24-17(14-28-18)13-19(27)25-7-9-26(10-8-25)20-22-5-2-6-23-20/h1-6,11,14H,7-10,12-13H2. The van der Waals surface area contributed by atoms with E-state index in [1.165, 1.54) is 0 Å². The lowest BCUT2D eigenvalue weighted by Gasteiger charge is -2.34. The number of amides is 1. The number of halogens is 1. The molecule has 0 radical (unpaired) electrons. The van der Waals surface area contributed by atoms with Crippen LogP contribution in [0.15, 0.2) is 48.1 Å². The van der Waals surface area contributed by atoms with Gasteiger partial charge in [-0.2, -0.15) is 0 Å². The van der Waals surface area contributed by atoms with E-state index < -0.39 is 0 Å². The van der Waals surface area contributed by atoms with Gasteiger partial charge in [-0.15, -0.1) is 11.3 Å². The molecule has 3 heterocycles. The number of nitrogens with zero attached hydrogens (tertiary/aromatic N) is 5. The van der Waals surface area contributed by atoms with Crippen LogP contribution in [0.3, 0.4) is 0 Å². The van der Waals surface area contributed by atoms with Crippen LogP contribution in [0, 0.1) is 0 Å². The molecule has 1 amide bonds. The smallest absolute Gasteiger partial charge is 0.228 e. The minimum absolute atomic E-state index is 0.119. The molecular weight excluding hydrogens is 394 g/mol. The van der Waals surface area contributed by atoms with Crippen LogP contribution < -0.4 is 4.90 Å². The van der Waals surface area contributed by atoms with Gasteiger partial charge in [-0.25, -0.2) is 15.0 Å². The molecule has 0 saturated carbocycles. The zero-order valence-electron chi connectivity index (χ0n) is 15.3. The van der Waals surface area contributed by atoms with Crippen molar-refractivity contribution in [3.63, 3.8) is 0 Å². The van der Waals surface area contributed by atoms with Crippen molar-refractivity contribution in [2.24, 2.45) is 0 Å². The Morgan fingerprint density at radius 1 is 1.11 bits per heavy atom. The molecule has 1 fully saturated rings. The molecule has 8 heteroatoms. The maximum absolute atomic E-state index is 12.6. The molecule has 3 aromatic rings. The number of carbonyl (C=O) groups is 1. The lowest BCUT2D eigenvalue weighted by atomic mass is 10.2. The molecule has 0 N–H and O–H groups in total. The fourth-order valence-electron chi connectivity index (χ4n) is 3.21. The highest BCUT2D eigenvalue weighted by Crippen LogP contribution is 2.19. The molecule has 0 atom stereocenters. The largest absolute Gasteiger partial charge is 0.339 e. The van der Waals surface area contributed by atoms with Gasteiger partial charge in [0.1, 0.15) is 0 Å². The number of rotatable bonds is 5. The van der Waals surface area contributed by atoms with Gasteiger partial charge in [0.05, 0.1) is 17.1 Å². The topological polar surface area (TPSA) is 62.2 Å². The minimum Gasteiger partial charge on any atom is -0.339 e. The first-order valence-corrected chi connectivity index (χ1v) is 10.4. The monoisotopic (exact) mass is 413 g/mol. The molecule has 1 aliphatic rings. The van der Waals surface area contributed by atoms with Crippen LogP contribution in [0.4, 0.5) is 5.95 Å². The SMILES string of the molecule is O=C(Cc1csc(Cc2cccc(Cl)c2)n1)N1CCN(c2ncccn2)CC1. The van der Waals surface area contributed by atoms with E-state index in [0.29, 0.717) is 19.5 Å². The Bertz CT molecular complexity index is 941. The lowest BCUT2D eigenvalue weighted by Crippen LogP contribution is -2.49. The third-order valence-electron chi connectivity index (χ3n) is 4.64. The van der Waals surface area contributed by atoms with Crippen molar-refractivity contribution < 1.29 is 4.79 Å². The zero-order chi connectivity index (χ0) is 19.3. The van der Waals surface area contributed by atoms with Crippen molar-refractivity contribution in [2.45, 2.75) is 12.8 Å². The maximum Gasteiger partial charge on any atom is 0.228 e. The van der Waals surface area contributed by atoms with Crippen LogP contribution >= 0.6 is 22.9 Å². The molecule has 0 aliphatic carbocycles.